The number of hydrogen-bond acceptors (Lipinski definition) is 2. The molecule has 0 N–H and O–H groups in total. The van der Waals surface area contributed by atoms with Crippen LogP contribution >= 0.6 is 0 Å². The molecule has 1 aromatic rings. The average Bonchev–Trinajstić information content (AvgIpc) is 2.39. The smallest absolute Gasteiger partial charge is 0.267 e. The van der Waals surface area contributed by atoms with Gasteiger partial charge in [0.15, 0.2) is 0 Å². The summed E-state index contributed by atoms with van der Waals surface area (Å²) in [4.78, 5) is 11.5. The molecule has 62 valence electrons. The first kappa shape index (κ1) is 7.28. The molecule has 1 aromatic heterocycles. The van der Waals surface area contributed by atoms with Crippen LogP contribution in [-0.4, -0.2) is 10.4 Å². The molecule has 3 nitrogen and oxygen atoms in total. The van der Waals surface area contributed by atoms with Crippen LogP contribution in [0.15, 0.2) is 22.0 Å². The molecule has 0 bridgehead atoms. The Balaban J connectivity index is 2.73. The summed E-state index contributed by atoms with van der Waals surface area (Å²) in [6.07, 6.45) is 0.801. The van der Waals surface area contributed by atoms with Gasteiger partial charge in [0.25, 0.3) is 5.56 Å². The maximum Gasteiger partial charge on any atom is 0.274 e. The van der Waals surface area contributed by atoms with E-state index in [1.807, 2.05) is 19.1 Å². The van der Waals surface area contributed by atoms with Crippen molar-refractivity contribution in [2.24, 2.45) is 5.10 Å². The Bertz CT molecular complexity index is 415. The zero-order valence-corrected chi connectivity index (χ0v) is 7.16. The second kappa shape index (κ2) is 2.30. The van der Waals surface area contributed by atoms with Gasteiger partial charge in [0.1, 0.15) is 0 Å². The van der Waals surface area contributed by atoms with Crippen molar-refractivity contribution in [3.63, 3.8) is 0 Å². The van der Waals surface area contributed by atoms with E-state index in [1.54, 1.807) is 6.92 Å². The summed E-state index contributed by atoms with van der Waals surface area (Å²) in [5.74, 6) is 0. The average molecular weight is 162 g/mol. The number of aromatic nitrogens is 1. The van der Waals surface area contributed by atoms with E-state index in [0.717, 1.165) is 23.4 Å². The van der Waals surface area contributed by atoms with Crippen LogP contribution in [0.3, 0.4) is 0 Å². The van der Waals surface area contributed by atoms with Crippen LogP contribution in [0.1, 0.15) is 18.2 Å². The highest BCUT2D eigenvalue weighted by atomic mass is 16.1. The molecular formula is C9H10N2O. The maximum absolute atomic E-state index is 11.5. The molecule has 12 heavy (non-hydrogen) atoms. The summed E-state index contributed by atoms with van der Waals surface area (Å²) in [5.41, 5.74) is 2.74. The molecule has 0 aromatic carbocycles. The normalized spacial score (nSPS) is 14.3. The SMILES string of the molecule is CC1=Nn2c(ccc(C)c2=O)C1. The lowest BCUT2D eigenvalue weighted by atomic mass is 10.2. The highest BCUT2D eigenvalue weighted by Gasteiger charge is 2.12. The third-order valence-electron chi connectivity index (χ3n) is 2.04. The minimum Gasteiger partial charge on any atom is -0.267 e. The molecule has 0 radical (unpaired) electrons. The predicted octanol–water partition coefficient (Wildman–Crippen LogP) is 0.937. The van der Waals surface area contributed by atoms with Gasteiger partial charge < -0.3 is 0 Å². The third kappa shape index (κ3) is 0.897. The van der Waals surface area contributed by atoms with Gasteiger partial charge in [0.2, 0.25) is 0 Å². The van der Waals surface area contributed by atoms with Gasteiger partial charge in [-0.25, -0.2) is 4.68 Å². The molecule has 0 saturated carbocycles. The lowest BCUT2D eigenvalue weighted by Crippen LogP contribution is -2.18. The van der Waals surface area contributed by atoms with Crippen LogP contribution in [0.2, 0.25) is 0 Å². The van der Waals surface area contributed by atoms with Crippen molar-refractivity contribution < 1.29 is 0 Å². The second-order valence-corrected chi connectivity index (χ2v) is 3.14. The fourth-order valence-corrected chi connectivity index (χ4v) is 1.37. The lowest BCUT2D eigenvalue weighted by Gasteiger charge is -1.99. The quantitative estimate of drug-likeness (QED) is 0.559. The Labute approximate surface area is 70.3 Å². The van der Waals surface area contributed by atoms with Gasteiger partial charge in [-0.05, 0) is 19.9 Å². The summed E-state index contributed by atoms with van der Waals surface area (Å²) in [6.45, 7) is 3.74. The van der Waals surface area contributed by atoms with Crippen LogP contribution < -0.4 is 5.56 Å². The maximum atomic E-state index is 11.5. The van der Waals surface area contributed by atoms with Crippen LogP contribution in [0, 0.1) is 6.92 Å². The predicted molar refractivity (Wildman–Crippen MR) is 47.7 cm³/mol. The molecule has 0 saturated heterocycles. The number of rotatable bonds is 0. The molecule has 0 unspecified atom stereocenters. The molecule has 0 aliphatic carbocycles. The van der Waals surface area contributed by atoms with E-state index in [-0.39, 0.29) is 5.56 Å². The van der Waals surface area contributed by atoms with Gasteiger partial charge >= 0.3 is 0 Å². The van der Waals surface area contributed by atoms with Gasteiger partial charge in [-0.15, -0.1) is 0 Å². The van der Waals surface area contributed by atoms with Crippen molar-refractivity contribution >= 4 is 5.71 Å². The van der Waals surface area contributed by atoms with Crippen molar-refractivity contribution in [3.8, 4) is 0 Å². The fourth-order valence-electron chi connectivity index (χ4n) is 1.37. The molecule has 0 fully saturated rings. The van der Waals surface area contributed by atoms with E-state index in [2.05, 4.69) is 5.10 Å². The minimum atomic E-state index is 0.00403. The molecule has 1 aliphatic heterocycles. The topological polar surface area (TPSA) is 34.4 Å². The molecule has 1 aliphatic rings. The van der Waals surface area contributed by atoms with E-state index in [9.17, 15) is 4.79 Å². The Morgan fingerprint density at radius 2 is 2.17 bits per heavy atom. The van der Waals surface area contributed by atoms with Gasteiger partial charge in [0.05, 0.1) is 5.69 Å². The monoisotopic (exact) mass is 162 g/mol. The van der Waals surface area contributed by atoms with E-state index in [4.69, 9.17) is 0 Å². The molecule has 0 spiro atoms. The number of pyridine rings is 1. The Kier molecular flexibility index (Phi) is 1.40. The summed E-state index contributed by atoms with van der Waals surface area (Å²) in [5, 5.41) is 4.13. The molecule has 2 rings (SSSR count). The standard InChI is InChI=1S/C9H10N2O/c1-6-3-4-8-5-7(2)10-11(8)9(6)12/h3-4H,5H2,1-2H3. The van der Waals surface area contributed by atoms with Crippen molar-refractivity contribution in [2.45, 2.75) is 20.3 Å². The van der Waals surface area contributed by atoms with Crippen LogP contribution in [0.5, 0.6) is 0 Å². The largest absolute Gasteiger partial charge is 0.274 e. The van der Waals surface area contributed by atoms with Crippen LogP contribution in [0.25, 0.3) is 0 Å². The first-order valence-electron chi connectivity index (χ1n) is 3.94. The lowest BCUT2D eigenvalue weighted by molar-refractivity contribution is 0.807. The van der Waals surface area contributed by atoms with Crippen molar-refractivity contribution in [1.29, 1.82) is 0 Å². The molecule has 2 heterocycles. The second-order valence-electron chi connectivity index (χ2n) is 3.14. The van der Waals surface area contributed by atoms with Crippen molar-refractivity contribution in [1.82, 2.24) is 4.68 Å². The Morgan fingerprint density at radius 3 is 2.92 bits per heavy atom. The molecule has 0 atom stereocenters. The van der Waals surface area contributed by atoms with Gasteiger partial charge in [-0.3, -0.25) is 4.79 Å². The Hall–Kier alpha value is -1.38. The molecule has 0 amide bonds. The van der Waals surface area contributed by atoms with Gasteiger partial charge in [-0.2, -0.15) is 5.10 Å². The van der Waals surface area contributed by atoms with Crippen LogP contribution in [-0.2, 0) is 6.42 Å². The number of aryl methyl sites for hydroxylation is 1. The number of hydrogen-bond donors (Lipinski definition) is 0. The highest BCUT2D eigenvalue weighted by molar-refractivity contribution is 5.85. The van der Waals surface area contributed by atoms with Gasteiger partial charge in [-0.1, -0.05) is 6.07 Å². The summed E-state index contributed by atoms with van der Waals surface area (Å²) in [6, 6.07) is 3.80. The summed E-state index contributed by atoms with van der Waals surface area (Å²) >= 11 is 0. The van der Waals surface area contributed by atoms with Crippen molar-refractivity contribution in [3.05, 3.63) is 33.7 Å². The molecule has 3 heteroatoms. The number of fused-ring (bicyclic) bond motifs is 1. The third-order valence-corrected chi connectivity index (χ3v) is 2.04. The van der Waals surface area contributed by atoms with E-state index < -0.39 is 0 Å². The number of nitrogens with zero attached hydrogens (tertiary/aromatic N) is 2. The highest BCUT2D eigenvalue weighted by Crippen LogP contribution is 2.07. The summed E-state index contributed by atoms with van der Waals surface area (Å²) in [7, 11) is 0. The molecular weight excluding hydrogens is 152 g/mol. The first-order chi connectivity index (χ1) is 5.68. The van der Waals surface area contributed by atoms with E-state index >= 15 is 0 Å². The first-order valence-corrected chi connectivity index (χ1v) is 3.94. The van der Waals surface area contributed by atoms with E-state index in [1.165, 1.54) is 4.68 Å². The summed E-state index contributed by atoms with van der Waals surface area (Å²) < 4.78 is 1.49. The van der Waals surface area contributed by atoms with Crippen LogP contribution in [0.4, 0.5) is 0 Å². The fraction of sp³-hybridized carbons (Fsp3) is 0.333. The minimum absolute atomic E-state index is 0.00403. The van der Waals surface area contributed by atoms with Gasteiger partial charge in [0, 0.05) is 17.7 Å². The zero-order chi connectivity index (χ0) is 8.72. The zero-order valence-electron chi connectivity index (χ0n) is 7.16. The van der Waals surface area contributed by atoms with E-state index in [0.29, 0.717) is 0 Å². The Morgan fingerprint density at radius 1 is 1.42 bits per heavy atom. The van der Waals surface area contributed by atoms with Crippen molar-refractivity contribution in [2.75, 3.05) is 0 Å².